The first-order valence-electron chi connectivity index (χ1n) is 9.34. The van der Waals surface area contributed by atoms with Crippen LogP contribution in [-0.2, 0) is 35.4 Å². The number of carbonyl (C=O) groups excluding carboxylic acids is 3. The molecule has 0 radical (unpaired) electrons. The van der Waals surface area contributed by atoms with E-state index in [1.807, 2.05) is 19.1 Å². The number of aryl methyl sites for hydroxylation is 1. The molecule has 0 unspecified atom stereocenters. The number of carboxylic acids is 2. The van der Waals surface area contributed by atoms with Crippen LogP contribution in [0.1, 0.15) is 57.1 Å². The molecule has 0 aliphatic heterocycles. The fourth-order valence-corrected chi connectivity index (χ4v) is 2.73. The molecule has 6 N–H and O–H groups in total. The number of nitrogens with zero attached hydrogens (tertiary/aromatic N) is 1. The molecule has 0 spiro atoms. The third-order valence-corrected chi connectivity index (χ3v) is 4.67. The van der Waals surface area contributed by atoms with E-state index in [9.17, 15) is 24.6 Å². The largest absolute Gasteiger partial charge is 2.00 e. The number of nitrogens with one attached hydrogen (secondary N) is 2. The molecule has 1 aromatic heterocycles. The van der Waals surface area contributed by atoms with Crippen LogP contribution in [0, 0.1) is 12.3 Å². The van der Waals surface area contributed by atoms with Crippen molar-refractivity contribution in [2.24, 2.45) is 5.41 Å². The summed E-state index contributed by atoms with van der Waals surface area (Å²) in [7, 11) is 0. The number of pyridine rings is 1. The van der Waals surface area contributed by atoms with Crippen LogP contribution >= 0.6 is 0 Å². The summed E-state index contributed by atoms with van der Waals surface area (Å²) in [5.41, 5.74) is 2.08. The monoisotopic (exact) mass is 605 g/mol. The SMILES string of the molecule is Cc1cc(NCCCCCCC(=O)NO)ccn1.N.O=C([O-])C1(C(=O)[O-])CCC1.[Pt+2]. The number of hydrogen-bond acceptors (Lipinski definition) is 9. The third kappa shape index (κ3) is 10.1. The minimum absolute atomic E-state index is 0. The molecule has 172 valence electrons. The normalized spacial score (nSPS) is 13.1. The Morgan fingerprint density at radius 1 is 1.13 bits per heavy atom. The van der Waals surface area contributed by atoms with Gasteiger partial charge in [-0.05, 0) is 44.7 Å². The summed E-state index contributed by atoms with van der Waals surface area (Å²) in [5.74, 6) is -3.34. The number of aliphatic carboxylic acids is 2. The van der Waals surface area contributed by atoms with Gasteiger partial charge >= 0.3 is 21.1 Å². The summed E-state index contributed by atoms with van der Waals surface area (Å²) < 4.78 is 0. The van der Waals surface area contributed by atoms with Gasteiger partial charge in [-0.15, -0.1) is 0 Å². The van der Waals surface area contributed by atoms with Crippen molar-refractivity contribution in [2.75, 3.05) is 11.9 Å². The Bertz CT molecular complexity index is 654. The smallest absolute Gasteiger partial charge is 0.549 e. The number of hydroxylamine groups is 1. The molecule has 1 aromatic rings. The third-order valence-electron chi connectivity index (χ3n) is 4.67. The van der Waals surface area contributed by atoms with Crippen LogP contribution in [0.15, 0.2) is 18.3 Å². The van der Waals surface area contributed by atoms with Gasteiger partial charge in [0.05, 0.1) is 11.9 Å². The van der Waals surface area contributed by atoms with E-state index in [0.717, 1.165) is 43.6 Å². The van der Waals surface area contributed by atoms with Gasteiger partial charge in [0.1, 0.15) is 0 Å². The molecule has 11 heteroatoms. The average molecular weight is 606 g/mol. The van der Waals surface area contributed by atoms with Gasteiger partial charge in [-0.2, -0.15) is 0 Å². The predicted molar refractivity (Wildman–Crippen MR) is 102 cm³/mol. The molecule has 1 aliphatic rings. The molecule has 0 bridgehead atoms. The van der Waals surface area contributed by atoms with Crippen LogP contribution < -0.4 is 27.2 Å². The van der Waals surface area contributed by atoms with Crippen LogP contribution in [-0.4, -0.2) is 34.6 Å². The van der Waals surface area contributed by atoms with Crippen LogP contribution in [0.5, 0.6) is 0 Å². The minimum Gasteiger partial charge on any atom is -0.549 e. The molecule has 1 amide bonds. The quantitative estimate of drug-likeness (QED) is 0.124. The first-order chi connectivity index (χ1) is 13.3. The molecule has 0 atom stereocenters. The van der Waals surface area contributed by atoms with Crippen LogP contribution in [0.25, 0.3) is 0 Å². The van der Waals surface area contributed by atoms with Crippen molar-refractivity contribution in [1.82, 2.24) is 16.6 Å². The summed E-state index contributed by atoms with van der Waals surface area (Å²) in [6.45, 7) is 2.90. The molecule has 0 saturated heterocycles. The molecule has 30 heavy (non-hydrogen) atoms. The molecule has 2 rings (SSSR count). The summed E-state index contributed by atoms with van der Waals surface area (Å²) in [4.78, 5) is 35.3. The van der Waals surface area contributed by atoms with Crippen molar-refractivity contribution in [3.8, 4) is 0 Å². The van der Waals surface area contributed by atoms with E-state index in [1.165, 1.54) is 0 Å². The fourth-order valence-electron chi connectivity index (χ4n) is 2.73. The van der Waals surface area contributed by atoms with Gasteiger partial charge in [0.15, 0.2) is 0 Å². The van der Waals surface area contributed by atoms with Gasteiger partial charge in [-0.3, -0.25) is 15.0 Å². The Morgan fingerprint density at radius 2 is 1.73 bits per heavy atom. The van der Waals surface area contributed by atoms with E-state index in [-0.39, 0.29) is 46.0 Å². The zero-order chi connectivity index (χ0) is 21.0. The number of aromatic nitrogens is 1. The van der Waals surface area contributed by atoms with E-state index >= 15 is 0 Å². The van der Waals surface area contributed by atoms with Crippen molar-refractivity contribution in [2.45, 2.75) is 58.3 Å². The first kappa shape index (κ1) is 30.2. The van der Waals surface area contributed by atoms with Crippen molar-refractivity contribution in [3.05, 3.63) is 24.0 Å². The van der Waals surface area contributed by atoms with Gasteiger partial charge in [-0.25, -0.2) is 5.48 Å². The number of hydrogen-bond donors (Lipinski definition) is 4. The van der Waals surface area contributed by atoms with Gasteiger partial charge in [0, 0.05) is 36.0 Å². The Kier molecular flexibility index (Phi) is 15.8. The molecular weight excluding hydrogens is 575 g/mol. The van der Waals surface area contributed by atoms with E-state index in [4.69, 9.17) is 5.21 Å². The molecule has 1 heterocycles. The number of anilines is 1. The maximum atomic E-state index is 10.7. The summed E-state index contributed by atoms with van der Waals surface area (Å²) in [5, 5.41) is 32.1. The molecule has 1 fully saturated rings. The molecule has 0 aromatic carbocycles. The Labute approximate surface area is 190 Å². The minimum atomic E-state index is -1.67. The van der Waals surface area contributed by atoms with Crippen LogP contribution in [0.3, 0.4) is 0 Å². The Morgan fingerprint density at radius 3 is 2.17 bits per heavy atom. The van der Waals surface area contributed by atoms with Gasteiger partial charge in [-0.1, -0.05) is 19.3 Å². The first-order valence-corrected chi connectivity index (χ1v) is 9.34. The maximum absolute atomic E-state index is 10.7. The zero-order valence-electron chi connectivity index (χ0n) is 17.1. The number of unbranched alkanes of at least 4 members (excludes halogenated alkanes) is 3. The topological polar surface area (TPSA) is 190 Å². The molecular formula is C19H30N4O6Pt. The van der Waals surface area contributed by atoms with Crippen molar-refractivity contribution in [3.63, 3.8) is 0 Å². The Hall–Kier alpha value is -2.03. The van der Waals surface area contributed by atoms with E-state index < -0.39 is 17.4 Å². The van der Waals surface area contributed by atoms with Gasteiger partial charge < -0.3 is 31.3 Å². The summed E-state index contributed by atoms with van der Waals surface area (Å²) in [6, 6.07) is 3.98. The second-order valence-corrected chi connectivity index (χ2v) is 6.82. The fraction of sp³-hybridized carbons (Fsp3) is 0.579. The van der Waals surface area contributed by atoms with Crippen molar-refractivity contribution < 1.29 is 50.9 Å². The van der Waals surface area contributed by atoms with Crippen LogP contribution in [0.2, 0.25) is 0 Å². The van der Waals surface area contributed by atoms with Crippen molar-refractivity contribution in [1.29, 1.82) is 0 Å². The second kappa shape index (κ2) is 15.8. The average Bonchev–Trinajstić information content (AvgIpc) is 2.59. The summed E-state index contributed by atoms with van der Waals surface area (Å²) >= 11 is 0. The number of amides is 1. The van der Waals surface area contributed by atoms with Crippen molar-refractivity contribution >= 4 is 23.5 Å². The molecule has 1 saturated carbocycles. The second-order valence-electron chi connectivity index (χ2n) is 6.82. The predicted octanol–water partition coefficient (Wildman–Crippen LogP) is 0.0738. The number of rotatable bonds is 10. The molecule has 1 aliphatic carbocycles. The van der Waals surface area contributed by atoms with Gasteiger partial charge in [0.25, 0.3) is 0 Å². The summed E-state index contributed by atoms with van der Waals surface area (Å²) in [6.07, 6.45) is 7.10. The molecule has 10 nitrogen and oxygen atoms in total. The number of carbonyl (C=O) groups is 3. The standard InChI is InChI=1S/C13H21N3O2.C6H8O4.H3N.Pt/c1-11-10-12(7-9-14-11)15-8-5-3-2-4-6-13(17)16-18;7-4(8)6(5(9)10)2-1-3-6;;/h7,9-10,18H,2-6,8H2,1H3,(H,14,15)(H,16,17);1-3H2,(H,7,8)(H,9,10);1H3;/q;;;+2/p-2. The number of carboxylic acid groups (broad SMARTS) is 2. The van der Waals surface area contributed by atoms with Crippen LogP contribution in [0.4, 0.5) is 5.69 Å². The van der Waals surface area contributed by atoms with E-state index in [2.05, 4.69) is 10.3 Å². The van der Waals surface area contributed by atoms with E-state index in [0.29, 0.717) is 12.8 Å². The Balaban J connectivity index is 0. The van der Waals surface area contributed by atoms with Gasteiger partial charge in [0.2, 0.25) is 5.91 Å². The van der Waals surface area contributed by atoms with E-state index in [1.54, 1.807) is 11.7 Å². The zero-order valence-corrected chi connectivity index (χ0v) is 19.3. The maximum Gasteiger partial charge on any atom is 2.00 e.